The fourth-order valence-electron chi connectivity index (χ4n) is 1.93. The van der Waals surface area contributed by atoms with Crippen LogP contribution in [0.15, 0.2) is 30.3 Å². The van der Waals surface area contributed by atoms with Gasteiger partial charge in [-0.3, -0.25) is 19.4 Å². The summed E-state index contributed by atoms with van der Waals surface area (Å²) in [6, 6.07) is 8.94. The van der Waals surface area contributed by atoms with Crippen LogP contribution in [0.25, 0.3) is 0 Å². The Morgan fingerprint density at radius 1 is 1.17 bits per heavy atom. The van der Waals surface area contributed by atoms with Gasteiger partial charge in [-0.25, -0.2) is 5.01 Å². The van der Waals surface area contributed by atoms with Crippen molar-refractivity contribution in [3.8, 4) is 0 Å². The van der Waals surface area contributed by atoms with E-state index in [0.717, 1.165) is 11.8 Å². The van der Waals surface area contributed by atoms with E-state index in [9.17, 15) is 14.4 Å². The van der Waals surface area contributed by atoms with Crippen LogP contribution in [-0.2, 0) is 14.3 Å². The lowest BCUT2D eigenvalue weighted by atomic mass is 10.2. The number of rotatable bonds is 8. The first-order valence-corrected chi connectivity index (χ1v) is 8.71. The Morgan fingerprint density at radius 2 is 1.79 bits per heavy atom. The lowest BCUT2D eigenvalue weighted by molar-refractivity contribution is -0.160. The van der Waals surface area contributed by atoms with Gasteiger partial charge in [0.1, 0.15) is 6.54 Å². The van der Waals surface area contributed by atoms with Crippen molar-refractivity contribution in [2.75, 3.05) is 33.0 Å². The van der Waals surface area contributed by atoms with Crippen LogP contribution in [0.1, 0.15) is 24.2 Å². The van der Waals surface area contributed by atoms with Gasteiger partial charge in [0.05, 0.1) is 6.61 Å². The Bertz CT molecular complexity index is 563. The van der Waals surface area contributed by atoms with E-state index in [0.29, 0.717) is 11.3 Å². The van der Waals surface area contributed by atoms with Crippen LogP contribution >= 0.6 is 11.8 Å². The highest BCUT2D eigenvalue weighted by Gasteiger charge is 2.25. The SMILES string of the molecule is CCOC(=O)CN(C(=O)C(C)CSC(=O)c1ccccc1)N(C)C. The number of benzene rings is 1. The van der Waals surface area contributed by atoms with Crippen molar-refractivity contribution in [2.45, 2.75) is 13.8 Å². The van der Waals surface area contributed by atoms with Crippen molar-refractivity contribution in [3.05, 3.63) is 35.9 Å². The van der Waals surface area contributed by atoms with Crippen LogP contribution in [0, 0.1) is 5.92 Å². The molecule has 6 nitrogen and oxygen atoms in total. The summed E-state index contributed by atoms with van der Waals surface area (Å²) >= 11 is 1.10. The molecule has 0 radical (unpaired) electrons. The number of carbonyl (C=O) groups excluding carboxylic acids is 3. The smallest absolute Gasteiger partial charge is 0.327 e. The van der Waals surface area contributed by atoms with E-state index in [2.05, 4.69) is 0 Å². The summed E-state index contributed by atoms with van der Waals surface area (Å²) in [7, 11) is 3.37. The molecule has 7 heteroatoms. The van der Waals surface area contributed by atoms with Gasteiger partial charge in [-0.15, -0.1) is 0 Å². The summed E-state index contributed by atoms with van der Waals surface area (Å²) in [6.07, 6.45) is 0. The molecule has 1 amide bonds. The van der Waals surface area contributed by atoms with Gasteiger partial charge in [0.2, 0.25) is 11.0 Å². The van der Waals surface area contributed by atoms with Crippen LogP contribution in [0.3, 0.4) is 0 Å². The summed E-state index contributed by atoms with van der Waals surface area (Å²) in [5.41, 5.74) is 0.609. The molecule has 0 fully saturated rings. The summed E-state index contributed by atoms with van der Waals surface area (Å²) in [6.45, 7) is 3.59. The second kappa shape index (κ2) is 10.1. The first-order valence-electron chi connectivity index (χ1n) is 7.73. The number of amides is 1. The van der Waals surface area contributed by atoms with Gasteiger partial charge in [-0.05, 0) is 6.92 Å². The highest BCUT2D eigenvalue weighted by Crippen LogP contribution is 2.17. The molecule has 24 heavy (non-hydrogen) atoms. The lowest BCUT2D eigenvalue weighted by Gasteiger charge is -2.30. The first kappa shape index (κ1) is 20.2. The largest absolute Gasteiger partial charge is 0.465 e. The monoisotopic (exact) mass is 352 g/mol. The molecule has 0 aromatic heterocycles. The average Bonchev–Trinajstić information content (AvgIpc) is 2.57. The Morgan fingerprint density at radius 3 is 2.33 bits per heavy atom. The normalized spacial score (nSPS) is 11.9. The second-order valence-corrected chi connectivity index (χ2v) is 6.41. The van der Waals surface area contributed by atoms with E-state index in [1.807, 2.05) is 6.07 Å². The predicted octanol–water partition coefficient (Wildman–Crippen LogP) is 2.06. The summed E-state index contributed by atoms with van der Waals surface area (Å²) in [5, 5.41) is 2.81. The summed E-state index contributed by atoms with van der Waals surface area (Å²) in [5.74, 6) is -0.736. The number of esters is 1. The van der Waals surface area contributed by atoms with Gasteiger partial charge < -0.3 is 4.74 Å². The standard InChI is InChI=1S/C17H24N2O4S/c1-5-23-15(20)11-19(18(3)4)16(21)13(2)12-24-17(22)14-9-7-6-8-10-14/h6-10,13H,5,11-12H2,1-4H3. The maximum Gasteiger partial charge on any atom is 0.327 e. The van der Waals surface area contributed by atoms with E-state index < -0.39 is 11.9 Å². The zero-order valence-corrected chi connectivity index (χ0v) is 15.3. The number of nitrogens with zero attached hydrogens (tertiary/aromatic N) is 2. The Kier molecular flexibility index (Phi) is 8.49. The molecule has 0 spiro atoms. The molecule has 1 aromatic rings. The minimum Gasteiger partial charge on any atom is -0.465 e. The molecule has 1 unspecified atom stereocenters. The third kappa shape index (κ3) is 6.33. The number of hydrazine groups is 1. The Hall–Kier alpha value is -1.86. The number of hydrogen-bond acceptors (Lipinski definition) is 6. The quantitative estimate of drug-likeness (QED) is 0.527. The van der Waals surface area contributed by atoms with E-state index in [-0.39, 0.29) is 24.2 Å². The lowest BCUT2D eigenvalue weighted by Crippen LogP contribution is -2.48. The van der Waals surface area contributed by atoms with Crippen molar-refractivity contribution in [2.24, 2.45) is 5.92 Å². The van der Waals surface area contributed by atoms with Crippen molar-refractivity contribution in [1.82, 2.24) is 10.0 Å². The number of carbonyl (C=O) groups is 3. The van der Waals surface area contributed by atoms with Crippen molar-refractivity contribution >= 4 is 28.8 Å². The van der Waals surface area contributed by atoms with E-state index in [4.69, 9.17) is 4.74 Å². The second-order valence-electron chi connectivity index (χ2n) is 5.41. The fourth-order valence-corrected chi connectivity index (χ4v) is 2.78. The molecule has 0 aliphatic heterocycles. The average molecular weight is 352 g/mol. The third-order valence-corrected chi connectivity index (χ3v) is 4.38. The molecule has 1 aromatic carbocycles. The van der Waals surface area contributed by atoms with Gasteiger partial charge in [-0.1, -0.05) is 49.0 Å². The van der Waals surface area contributed by atoms with Crippen LogP contribution in [0.4, 0.5) is 0 Å². The summed E-state index contributed by atoms with van der Waals surface area (Å²) in [4.78, 5) is 36.3. The first-order chi connectivity index (χ1) is 11.4. The maximum absolute atomic E-state index is 12.5. The number of thioether (sulfide) groups is 1. The Labute approximate surface area is 147 Å². The van der Waals surface area contributed by atoms with Crippen molar-refractivity contribution < 1.29 is 19.1 Å². The van der Waals surface area contributed by atoms with Crippen molar-refractivity contribution in [3.63, 3.8) is 0 Å². The Balaban J connectivity index is 2.60. The molecule has 132 valence electrons. The van der Waals surface area contributed by atoms with Gasteiger partial charge in [0.25, 0.3) is 0 Å². The van der Waals surface area contributed by atoms with Gasteiger partial charge >= 0.3 is 5.97 Å². The van der Waals surface area contributed by atoms with Crippen LogP contribution in [0.2, 0.25) is 0 Å². The van der Waals surface area contributed by atoms with Crippen LogP contribution in [-0.4, -0.2) is 60.0 Å². The molecule has 0 N–H and O–H groups in total. The number of hydrogen-bond donors (Lipinski definition) is 0. The molecular weight excluding hydrogens is 328 g/mol. The van der Waals surface area contributed by atoms with Gasteiger partial charge in [-0.2, -0.15) is 0 Å². The zero-order valence-electron chi connectivity index (χ0n) is 14.5. The molecule has 0 heterocycles. The van der Waals surface area contributed by atoms with Gasteiger partial charge in [0.15, 0.2) is 0 Å². The van der Waals surface area contributed by atoms with Crippen LogP contribution < -0.4 is 0 Å². The van der Waals surface area contributed by atoms with Gasteiger partial charge in [0, 0.05) is 31.3 Å². The summed E-state index contributed by atoms with van der Waals surface area (Å²) < 4.78 is 4.89. The van der Waals surface area contributed by atoms with Crippen LogP contribution in [0.5, 0.6) is 0 Å². The van der Waals surface area contributed by atoms with Crippen molar-refractivity contribution in [1.29, 1.82) is 0 Å². The van der Waals surface area contributed by atoms with E-state index >= 15 is 0 Å². The predicted molar refractivity (Wildman–Crippen MR) is 94.4 cm³/mol. The minimum atomic E-state index is -0.459. The molecule has 0 aliphatic carbocycles. The highest BCUT2D eigenvalue weighted by molar-refractivity contribution is 8.14. The maximum atomic E-state index is 12.5. The number of ether oxygens (including phenoxy) is 1. The molecule has 0 bridgehead atoms. The zero-order chi connectivity index (χ0) is 18.1. The third-order valence-electron chi connectivity index (χ3n) is 3.22. The molecular formula is C17H24N2O4S. The minimum absolute atomic E-state index is 0.0722. The van der Waals surface area contributed by atoms with E-state index in [1.165, 1.54) is 5.01 Å². The molecule has 0 aliphatic rings. The molecule has 0 saturated heterocycles. The van der Waals surface area contributed by atoms with E-state index in [1.54, 1.807) is 57.2 Å². The fraction of sp³-hybridized carbons (Fsp3) is 0.471. The molecule has 1 atom stereocenters. The highest BCUT2D eigenvalue weighted by atomic mass is 32.2. The molecule has 0 saturated carbocycles. The molecule has 1 rings (SSSR count). The topological polar surface area (TPSA) is 66.9 Å².